The Kier molecular flexibility index (Phi) is 11.4. The summed E-state index contributed by atoms with van der Waals surface area (Å²) in [5, 5.41) is 5.79. The van der Waals surface area contributed by atoms with Crippen molar-refractivity contribution in [3.63, 3.8) is 0 Å². The van der Waals surface area contributed by atoms with Gasteiger partial charge in [0.25, 0.3) is 0 Å². The van der Waals surface area contributed by atoms with Crippen molar-refractivity contribution in [3.05, 3.63) is 53.1 Å². The molecule has 8 heteroatoms. The van der Waals surface area contributed by atoms with Crippen molar-refractivity contribution in [2.24, 2.45) is 0 Å². The molecule has 0 atom stereocenters. The molecule has 2 amide bonds. The maximum absolute atomic E-state index is 12.0. The lowest BCUT2D eigenvalue weighted by Gasteiger charge is -2.10. The van der Waals surface area contributed by atoms with Crippen LogP contribution in [0.3, 0.4) is 0 Å². The lowest BCUT2D eigenvalue weighted by Crippen LogP contribution is -2.26. The van der Waals surface area contributed by atoms with Gasteiger partial charge in [-0.05, 0) is 61.1 Å². The minimum atomic E-state index is -0.0435. The van der Waals surface area contributed by atoms with Gasteiger partial charge in [-0.1, -0.05) is 12.1 Å². The molecule has 2 aromatic rings. The Morgan fingerprint density at radius 2 is 1.24 bits per heavy atom. The van der Waals surface area contributed by atoms with Crippen molar-refractivity contribution in [3.8, 4) is 17.2 Å². The summed E-state index contributed by atoms with van der Waals surface area (Å²) in [5.74, 6) is 1.81. The predicted octanol–water partition coefficient (Wildman–Crippen LogP) is 3.10. The summed E-state index contributed by atoms with van der Waals surface area (Å²) in [7, 11) is 4.70. The van der Waals surface area contributed by atoms with E-state index in [9.17, 15) is 14.4 Å². The Labute approximate surface area is 201 Å². The van der Waals surface area contributed by atoms with Gasteiger partial charge in [-0.15, -0.1) is 0 Å². The zero-order valence-electron chi connectivity index (χ0n) is 20.1. The number of methoxy groups -OCH3 is 3. The quantitative estimate of drug-likeness (QED) is 0.306. The van der Waals surface area contributed by atoms with Crippen molar-refractivity contribution in [1.29, 1.82) is 0 Å². The third-order valence-electron chi connectivity index (χ3n) is 5.40. The first-order valence-corrected chi connectivity index (χ1v) is 11.4. The number of aldehydes is 1. The molecule has 0 unspecified atom stereocenters. The topological polar surface area (TPSA) is 103 Å². The molecule has 0 saturated carbocycles. The molecular weight excluding hydrogens is 436 g/mol. The zero-order chi connectivity index (χ0) is 24.8. The molecule has 0 bridgehead atoms. The van der Waals surface area contributed by atoms with Crippen LogP contribution in [0.1, 0.15) is 47.2 Å². The number of nitrogens with one attached hydrogen (secondary N) is 2. The first kappa shape index (κ1) is 26.7. The Morgan fingerprint density at radius 1 is 0.735 bits per heavy atom. The highest BCUT2D eigenvalue weighted by Gasteiger charge is 2.07. The van der Waals surface area contributed by atoms with Gasteiger partial charge >= 0.3 is 0 Å². The average Bonchev–Trinajstić information content (AvgIpc) is 2.86. The molecule has 0 aliphatic carbocycles. The predicted molar refractivity (Wildman–Crippen MR) is 130 cm³/mol. The van der Waals surface area contributed by atoms with E-state index in [1.54, 1.807) is 26.4 Å². The minimum absolute atomic E-state index is 0.0219. The lowest BCUT2D eigenvalue weighted by molar-refractivity contribution is -0.123. The number of amides is 2. The normalized spacial score (nSPS) is 10.3. The van der Waals surface area contributed by atoms with Gasteiger partial charge in [0.1, 0.15) is 5.75 Å². The molecule has 184 valence electrons. The van der Waals surface area contributed by atoms with Crippen LogP contribution in [0.4, 0.5) is 0 Å². The van der Waals surface area contributed by atoms with Crippen molar-refractivity contribution >= 4 is 18.1 Å². The van der Waals surface area contributed by atoms with Crippen LogP contribution >= 0.6 is 0 Å². The fraction of sp³-hybridized carbons (Fsp3) is 0.423. The summed E-state index contributed by atoms with van der Waals surface area (Å²) in [6, 6.07) is 11.1. The summed E-state index contributed by atoms with van der Waals surface area (Å²) in [5.41, 5.74) is 2.49. The van der Waals surface area contributed by atoms with Crippen LogP contribution in [0.5, 0.6) is 17.2 Å². The Balaban J connectivity index is 1.57. The molecule has 0 aromatic heterocycles. The van der Waals surface area contributed by atoms with Crippen LogP contribution in [-0.4, -0.2) is 52.5 Å². The summed E-state index contributed by atoms with van der Waals surface area (Å²) in [6.07, 6.45) is 4.13. The van der Waals surface area contributed by atoms with E-state index in [0.717, 1.165) is 17.4 Å². The molecule has 8 nitrogen and oxygen atoms in total. The fourth-order valence-corrected chi connectivity index (χ4v) is 3.51. The van der Waals surface area contributed by atoms with Gasteiger partial charge in [-0.3, -0.25) is 14.4 Å². The van der Waals surface area contributed by atoms with Crippen LogP contribution in [0.25, 0.3) is 0 Å². The molecule has 0 aliphatic rings. The highest BCUT2D eigenvalue weighted by molar-refractivity contribution is 5.79. The molecule has 0 radical (unpaired) electrons. The van der Waals surface area contributed by atoms with Crippen LogP contribution < -0.4 is 24.8 Å². The van der Waals surface area contributed by atoms with Gasteiger partial charge in [0, 0.05) is 25.9 Å². The van der Waals surface area contributed by atoms with Crippen LogP contribution in [0.2, 0.25) is 0 Å². The van der Waals surface area contributed by atoms with E-state index in [1.807, 2.05) is 24.3 Å². The van der Waals surface area contributed by atoms with E-state index in [4.69, 9.17) is 14.2 Å². The number of ether oxygens (including phenoxy) is 3. The molecule has 34 heavy (non-hydrogen) atoms. The number of carbonyl (C=O) groups excluding carboxylic acids is 3. The number of unbranched alkanes of at least 4 members (excludes halogenated alkanes) is 1. The van der Waals surface area contributed by atoms with E-state index in [2.05, 4.69) is 10.6 Å². The smallest absolute Gasteiger partial charge is 0.220 e. The first-order valence-electron chi connectivity index (χ1n) is 11.4. The third-order valence-corrected chi connectivity index (χ3v) is 5.40. The van der Waals surface area contributed by atoms with Crippen molar-refractivity contribution in [2.45, 2.75) is 38.5 Å². The molecule has 0 saturated heterocycles. The largest absolute Gasteiger partial charge is 0.496 e. The van der Waals surface area contributed by atoms with E-state index in [-0.39, 0.29) is 11.8 Å². The monoisotopic (exact) mass is 470 g/mol. The Hall–Kier alpha value is -3.55. The number of carbonyl (C=O) groups is 3. The highest BCUT2D eigenvalue weighted by atomic mass is 16.5. The highest BCUT2D eigenvalue weighted by Crippen LogP contribution is 2.27. The molecule has 0 fully saturated rings. The number of rotatable bonds is 15. The van der Waals surface area contributed by atoms with Gasteiger partial charge in [0.05, 0.1) is 26.9 Å². The molecule has 0 spiro atoms. The third kappa shape index (κ3) is 8.77. The second-order valence-electron chi connectivity index (χ2n) is 7.79. The van der Waals surface area contributed by atoms with Gasteiger partial charge in [-0.25, -0.2) is 0 Å². The standard InChI is InChI=1S/C26H34N2O6/c1-32-22-10-8-19(16-21(22)18-29)12-14-27-25(30)6-4-5-7-26(31)28-15-13-20-9-11-23(33-2)24(17-20)34-3/h8-11,16-18H,4-7,12-15H2,1-3H3,(H,27,30)(H,28,31). The summed E-state index contributed by atoms with van der Waals surface area (Å²) in [6.45, 7) is 1.02. The number of benzene rings is 2. The van der Waals surface area contributed by atoms with Crippen LogP contribution in [-0.2, 0) is 22.4 Å². The van der Waals surface area contributed by atoms with Gasteiger partial charge in [0.15, 0.2) is 17.8 Å². The Morgan fingerprint density at radius 3 is 1.74 bits per heavy atom. The number of hydrogen-bond acceptors (Lipinski definition) is 6. The Bertz CT molecular complexity index is 960. The second-order valence-corrected chi connectivity index (χ2v) is 7.79. The molecule has 2 rings (SSSR count). The van der Waals surface area contributed by atoms with Gasteiger partial charge in [0.2, 0.25) is 11.8 Å². The van der Waals surface area contributed by atoms with Crippen molar-refractivity contribution in [2.75, 3.05) is 34.4 Å². The average molecular weight is 471 g/mol. The SMILES string of the molecule is COc1ccc(CCNC(=O)CCCCC(=O)NCCc2ccc(OC)c(OC)c2)cc1C=O. The first-order chi connectivity index (χ1) is 16.5. The van der Waals surface area contributed by atoms with E-state index in [0.29, 0.717) is 74.4 Å². The van der Waals surface area contributed by atoms with E-state index in [1.165, 1.54) is 7.11 Å². The fourth-order valence-electron chi connectivity index (χ4n) is 3.51. The zero-order valence-corrected chi connectivity index (χ0v) is 20.1. The summed E-state index contributed by atoms with van der Waals surface area (Å²) >= 11 is 0. The molecule has 0 heterocycles. The number of hydrogen-bond donors (Lipinski definition) is 2. The lowest BCUT2D eigenvalue weighted by atomic mass is 10.1. The van der Waals surface area contributed by atoms with E-state index >= 15 is 0 Å². The van der Waals surface area contributed by atoms with E-state index < -0.39 is 0 Å². The maximum atomic E-state index is 12.0. The van der Waals surface area contributed by atoms with Crippen molar-refractivity contribution < 1.29 is 28.6 Å². The van der Waals surface area contributed by atoms with Gasteiger partial charge < -0.3 is 24.8 Å². The van der Waals surface area contributed by atoms with Gasteiger partial charge in [-0.2, -0.15) is 0 Å². The summed E-state index contributed by atoms with van der Waals surface area (Å²) in [4.78, 5) is 35.2. The molecule has 0 aliphatic heterocycles. The minimum Gasteiger partial charge on any atom is -0.496 e. The molecule has 2 aromatic carbocycles. The summed E-state index contributed by atoms with van der Waals surface area (Å²) < 4.78 is 15.6. The molecule has 2 N–H and O–H groups in total. The van der Waals surface area contributed by atoms with Crippen molar-refractivity contribution in [1.82, 2.24) is 10.6 Å². The maximum Gasteiger partial charge on any atom is 0.220 e. The van der Waals surface area contributed by atoms with Crippen LogP contribution in [0, 0.1) is 0 Å². The molecular formula is C26H34N2O6. The second kappa shape index (κ2) is 14.6. The van der Waals surface area contributed by atoms with Crippen LogP contribution in [0.15, 0.2) is 36.4 Å².